The highest BCUT2D eigenvalue weighted by Crippen LogP contribution is 2.18. The van der Waals surface area contributed by atoms with Crippen LogP contribution in [0.4, 0.5) is 0 Å². The molecule has 4 heteroatoms. The normalized spacial score (nSPS) is 20.2. The van der Waals surface area contributed by atoms with Crippen molar-refractivity contribution in [2.45, 2.75) is 44.8 Å². The van der Waals surface area contributed by atoms with Gasteiger partial charge in [0.2, 0.25) is 5.91 Å². The molecule has 0 aromatic rings. The highest BCUT2D eigenvalue weighted by molar-refractivity contribution is 7.98. The lowest BCUT2D eigenvalue weighted by Gasteiger charge is -2.18. The molecule has 2 atom stereocenters. The van der Waals surface area contributed by atoms with Crippen LogP contribution in [0.15, 0.2) is 0 Å². The number of rotatable bonds is 6. The number of hydrogen-bond acceptors (Lipinski definition) is 3. The summed E-state index contributed by atoms with van der Waals surface area (Å²) in [5.74, 6) is 1.18. The summed E-state index contributed by atoms with van der Waals surface area (Å²) >= 11 is 1.80. The second kappa shape index (κ2) is 5.61. The van der Waals surface area contributed by atoms with Crippen molar-refractivity contribution < 1.29 is 4.79 Å². The van der Waals surface area contributed by atoms with E-state index < -0.39 is 0 Å². The van der Waals surface area contributed by atoms with Gasteiger partial charge in [-0.3, -0.25) is 4.79 Å². The Morgan fingerprint density at radius 2 is 2.14 bits per heavy atom. The highest BCUT2D eigenvalue weighted by atomic mass is 32.2. The Morgan fingerprint density at radius 3 is 2.64 bits per heavy atom. The first-order valence-electron chi connectivity index (χ1n) is 5.19. The summed E-state index contributed by atoms with van der Waals surface area (Å²) in [5.41, 5.74) is 0. The molecule has 3 nitrogen and oxygen atoms in total. The van der Waals surface area contributed by atoms with E-state index in [0.717, 1.165) is 18.6 Å². The van der Waals surface area contributed by atoms with Crippen LogP contribution in [0.3, 0.4) is 0 Å². The lowest BCUT2D eigenvalue weighted by atomic mass is 10.2. The molecule has 1 saturated carbocycles. The molecule has 82 valence electrons. The zero-order valence-electron chi connectivity index (χ0n) is 9.17. The Bertz CT molecular complexity index is 195. The van der Waals surface area contributed by atoms with Crippen LogP contribution in [0.25, 0.3) is 0 Å². The fourth-order valence-electron chi connectivity index (χ4n) is 1.35. The van der Waals surface area contributed by atoms with Crippen LogP contribution < -0.4 is 10.6 Å². The van der Waals surface area contributed by atoms with Crippen LogP contribution >= 0.6 is 11.8 Å². The largest absolute Gasteiger partial charge is 0.352 e. The number of hydrogen-bond donors (Lipinski definition) is 2. The maximum absolute atomic E-state index is 11.6. The van der Waals surface area contributed by atoms with Crippen molar-refractivity contribution >= 4 is 17.7 Å². The molecule has 0 aliphatic heterocycles. The zero-order valence-corrected chi connectivity index (χ0v) is 9.99. The van der Waals surface area contributed by atoms with Gasteiger partial charge in [0.1, 0.15) is 0 Å². The molecule has 1 aliphatic carbocycles. The van der Waals surface area contributed by atoms with Gasteiger partial charge < -0.3 is 10.6 Å². The molecule has 0 aromatic carbocycles. The Kier molecular flexibility index (Phi) is 4.75. The lowest BCUT2D eigenvalue weighted by Crippen LogP contribution is -2.47. The molecule has 1 rings (SSSR count). The van der Waals surface area contributed by atoms with E-state index in [4.69, 9.17) is 0 Å². The molecular weight excluding hydrogens is 196 g/mol. The van der Waals surface area contributed by atoms with Crippen LogP contribution in [0.1, 0.15) is 26.7 Å². The Hall–Kier alpha value is -0.220. The van der Waals surface area contributed by atoms with E-state index in [1.807, 2.05) is 6.92 Å². The molecule has 0 bridgehead atoms. The van der Waals surface area contributed by atoms with E-state index in [9.17, 15) is 4.79 Å². The van der Waals surface area contributed by atoms with Gasteiger partial charge in [0.25, 0.3) is 0 Å². The molecule has 2 unspecified atom stereocenters. The quantitative estimate of drug-likeness (QED) is 0.696. The SMILES string of the molecule is CSCC(C)NC(C)C(=O)NC1CC1. The van der Waals surface area contributed by atoms with Gasteiger partial charge in [-0.25, -0.2) is 0 Å². The van der Waals surface area contributed by atoms with Crippen molar-refractivity contribution in [2.24, 2.45) is 0 Å². The summed E-state index contributed by atoms with van der Waals surface area (Å²) in [7, 11) is 0. The minimum atomic E-state index is -0.0715. The predicted octanol–water partition coefficient (Wildman–Crippen LogP) is 0.995. The maximum atomic E-state index is 11.6. The van der Waals surface area contributed by atoms with E-state index in [1.54, 1.807) is 11.8 Å². The average molecular weight is 216 g/mol. The molecular formula is C10H20N2OS. The number of thioether (sulfide) groups is 1. The van der Waals surface area contributed by atoms with E-state index in [-0.39, 0.29) is 11.9 Å². The highest BCUT2D eigenvalue weighted by Gasteiger charge is 2.25. The van der Waals surface area contributed by atoms with Crippen molar-refractivity contribution in [3.05, 3.63) is 0 Å². The van der Waals surface area contributed by atoms with Gasteiger partial charge in [-0.15, -0.1) is 0 Å². The van der Waals surface area contributed by atoms with E-state index in [0.29, 0.717) is 12.1 Å². The third-order valence-electron chi connectivity index (χ3n) is 2.27. The molecule has 0 radical (unpaired) electrons. The summed E-state index contributed by atoms with van der Waals surface area (Å²) in [6.07, 6.45) is 4.38. The van der Waals surface area contributed by atoms with Crippen molar-refractivity contribution in [3.8, 4) is 0 Å². The first-order chi connectivity index (χ1) is 6.63. The summed E-state index contributed by atoms with van der Waals surface area (Å²) < 4.78 is 0. The standard InChI is InChI=1S/C10H20N2OS/c1-7(6-14-3)11-8(2)10(13)12-9-4-5-9/h7-9,11H,4-6H2,1-3H3,(H,12,13). The molecule has 0 saturated heterocycles. The summed E-state index contributed by atoms with van der Waals surface area (Å²) in [5, 5.41) is 6.27. The molecule has 2 N–H and O–H groups in total. The number of nitrogens with one attached hydrogen (secondary N) is 2. The first kappa shape index (κ1) is 11.9. The minimum Gasteiger partial charge on any atom is -0.352 e. The van der Waals surface area contributed by atoms with Crippen LogP contribution in [0.5, 0.6) is 0 Å². The molecule has 1 amide bonds. The van der Waals surface area contributed by atoms with Gasteiger partial charge in [-0.05, 0) is 32.9 Å². The van der Waals surface area contributed by atoms with Crippen molar-refractivity contribution in [1.29, 1.82) is 0 Å². The molecule has 14 heavy (non-hydrogen) atoms. The van der Waals surface area contributed by atoms with E-state index >= 15 is 0 Å². The van der Waals surface area contributed by atoms with Crippen molar-refractivity contribution in [3.63, 3.8) is 0 Å². The van der Waals surface area contributed by atoms with Gasteiger partial charge >= 0.3 is 0 Å². The monoisotopic (exact) mass is 216 g/mol. The molecule has 1 fully saturated rings. The van der Waals surface area contributed by atoms with Gasteiger partial charge in [0.15, 0.2) is 0 Å². The fourth-order valence-corrected chi connectivity index (χ4v) is 1.95. The van der Waals surface area contributed by atoms with E-state index in [1.165, 1.54) is 0 Å². The third kappa shape index (κ3) is 4.33. The Balaban J connectivity index is 2.17. The molecule has 0 spiro atoms. The van der Waals surface area contributed by atoms with Crippen LogP contribution in [0.2, 0.25) is 0 Å². The fraction of sp³-hybridized carbons (Fsp3) is 0.900. The Morgan fingerprint density at radius 1 is 1.50 bits per heavy atom. The first-order valence-corrected chi connectivity index (χ1v) is 6.58. The minimum absolute atomic E-state index is 0.0715. The average Bonchev–Trinajstić information content (AvgIpc) is 2.88. The van der Waals surface area contributed by atoms with Crippen LogP contribution in [-0.2, 0) is 4.79 Å². The molecule has 1 aliphatic rings. The van der Waals surface area contributed by atoms with E-state index in [2.05, 4.69) is 23.8 Å². The number of carbonyl (C=O) groups is 1. The second-order valence-corrected chi connectivity index (χ2v) is 4.94. The zero-order chi connectivity index (χ0) is 10.6. The van der Waals surface area contributed by atoms with Gasteiger partial charge in [-0.2, -0.15) is 11.8 Å². The predicted molar refractivity (Wildman–Crippen MR) is 61.6 cm³/mol. The van der Waals surface area contributed by atoms with Crippen LogP contribution in [0, 0.1) is 0 Å². The topological polar surface area (TPSA) is 41.1 Å². The van der Waals surface area contributed by atoms with Crippen molar-refractivity contribution in [1.82, 2.24) is 10.6 Å². The number of carbonyl (C=O) groups excluding carboxylic acids is 1. The third-order valence-corrected chi connectivity index (χ3v) is 3.10. The van der Waals surface area contributed by atoms with Crippen LogP contribution in [-0.4, -0.2) is 36.0 Å². The Labute approximate surface area is 90.4 Å². The summed E-state index contributed by atoms with van der Waals surface area (Å²) in [4.78, 5) is 11.6. The smallest absolute Gasteiger partial charge is 0.237 e. The van der Waals surface area contributed by atoms with Gasteiger partial charge in [0, 0.05) is 17.8 Å². The second-order valence-electron chi connectivity index (χ2n) is 4.03. The molecule has 0 heterocycles. The lowest BCUT2D eigenvalue weighted by molar-refractivity contribution is -0.123. The van der Waals surface area contributed by atoms with Gasteiger partial charge in [-0.1, -0.05) is 0 Å². The van der Waals surface area contributed by atoms with Gasteiger partial charge in [0.05, 0.1) is 6.04 Å². The number of amides is 1. The summed E-state index contributed by atoms with van der Waals surface area (Å²) in [6.45, 7) is 4.03. The molecule has 0 aromatic heterocycles. The maximum Gasteiger partial charge on any atom is 0.237 e. The van der Waals surface area contributed by atoms with Crippen molar-refractivity contribution in [2.75, 3.05) is 12.0 Å². The summed E-state index contributed by atoms with van der Waals surface area (Å²) in [6, 6.07) is 0.783.